The van der Waals surface area contributed by atoms with E-state index in [0.717, 1.165) is 36.2 Å². The van der Waals surface area contributed by atoms with Gasteiger partial charge in [0.2, 0.25) is 5.95 Å². The van der Waals surface area contributed by atoms with E-state index >= 15 is 0 Å². The van der Waals surface area contributed by atoms with E-state index in [2.05, 4.69) is 28.5 Å². The topological polar surface area (TPSA) is 78.7 Å². The minimum Gasteiger partial charge on any atom is -0.354 e. The quantitative estimate of drug-likeness (QED) is 0.906. The minimum absolute atomic E-state index is 0.0819. The van der Waals surface area contributed by atoms with Gasteiger partial charge in [0, 0.05) is 24.1 Å². The minimum atomic E-state index is -0.597. The smallest absolute Gasteiger partial charge is 0.222 e. The third-order valence-electron chi connectivity index (χ3n) is 6.35. The molecule has 1 aromatic carbocycles. The van der Waals surface area contributed by atoms with Gasteiger partial charge in [0.1, 0.15) is 5.92 Å². The molecule has 1 heterocycles. The zero-order valence-electron chi connectivity index (χ0n) is 15.8. The van der Waals surface area contributed by atoms with Crippen molar-refractivity contribution in [2.24, 2.45) is 17.8 Å². The normalized spacial score (nSPS) is 29.4. The highest BCUT2D eigenvalue weighted by Gasteiger charge is 2.56. The predicted molar refractivity (Wildman–Crippen MR) is 103 cm³/mol. The maximum Gasteiger partial charge on any atom is 0.222 e. The summed E-state index contributed by atoms with van der Waals surface area (Å²) < 4.78 is 0. The third kappa shape index (κ3) is 2.63. The first-order valence-corrected chi connectivity index (χ1v) is 9.71. The highest BCUT2D eigenvalue weighted by atomic mass is 16.1. The fraction of sp³-hybridized carbons (Fsp3) is 0.455. The van der Waals surface area contributed by atoms with Crippen LogP contribution in [0.2, 0.25) is 0 Å². The van der Waals surface area contributed by atoms with Crippen LogP contribution in [0.5, 0.6) is 0 Å². The molecule has 0 amide bonds. The van der Waals surface area contributed by atoms with Gasteiger partial charge < -0.3 is 5.32 Å². The molecule has 0 saturated heterocycles. The second-order valence-electron chi connectivity index (χ2n) is 7.66. The molecule has 0 aliphatic heterocycles. The summed E-state index contributed by atoms with van der Waals surface area (Å²) in [6.45, 7) is 4.76. The number of carbonyl (C=O) groups is 1. The second-order valence-corrected chi connectivity index (χ2v) is 7.66. The van der Waals surface area contributed by atoms with E-state index in [0.29, 0.717) is 12.4 Å². The van der Waals surface area contributed by atoms with Crippen molar-refractivity contribution in [1.82, 2.24) is 9.97 Å². The summed E-state index contributed by atoms with van der Waals surface area (Å²) in [6, 6.07) is 12.6. The lowest BCUT2D eigenvalue weighted by molar-refractivity contribution is -0.131. The lowest BCUT2D eigenvalue weighted by Crippen LogP contribution is -2.53. The summed E-state index contributed by atoms with van der Waals surface area (Å²) in [7, 11) is 0. The van der Waals surface area contributed by atoms with Gasteiger partial charge in [-0.1, -0.05) is 37.3 Å². The summed E-state index contributed by atoms with van der Waals surface area (Å²) in [5.41, 5.74) is 2.86. The summed E-state index contributed by atoms with van der Waals surface area (Å²) in [6.07, 6.45) is 4.20. The Morgan fingerprint density at radius 3 is 2.81 bits per heavy atom. The van der Waals surface area contributed by atoms with Crippen LogP contribution in [-0.4, -0.2) is 22.3 Å². The number of fused-ring (bicyclic) bond motifs is 3. The van der Waals surface area contributed by atoms with Crippen LogP contribution in [0, 0.1) is 29.1 Å². The Morgan fingerprint density at radius 1 is 1.33 bits per heavy atom. The Hall–Kier alpha value is -2.74. The molecule has 2 aliphatic carbocycles. The van der Waals surface area contributed by atoms with Crippen molar-refractivity contribution in [3.63, 3.8) is 0 Å². The molecule has 0 radical (unpaired) electrons. The van der Waals surface area contributed by atoms with E-state index in [4.69, 9.17) is 4.98 Å². The number of aryl methyl sites for hydroxylation is 1. The van der Waals surface area contributed by atoms with Gasteiger partial charge in [0.05, 0.1) is 11.8 Å². The first kappa shape index (κ1) is 17.7. The van der Waals surface area contributed by atoms with Gasteiger partial charge in [-0.15, -0.1) is 0 Å². The maximum atomic E-state index is 12.8. The zero-order valence-corrected chi connectivity index (χ0v) is 15.8. The van der Waals surface area contributed by atoms with Crippen LogP contribution in [0.1, 0.15) is 43.5 Å². The average Bonchev–Trinajstić information content (AvgIpc) is 2.71. The second kappa shape index (κ2) is 6.77. The number of nitrogens with one attached hydrogen (secondary N) is 1. The van der Waals surface area contributed by atoms with Crippen molar-refractivity contribution >= 4 is 11.7 Å². The van der Waals surface area contributed by atoms with E-state index in [1.165, 1.54) is 0 Å². The molecular formula is C22H24N4O. The number of benzene rings is 1. The summed E-state index contributed by atoms with van der Waals surface area (Å²) in [5.74, 6) is 0.0897. The van der Waals surface area contributed by atoms with Gasteiger partial charge in [-0.25, -0.2) is 9.97 Å². The standard InChI is InChI=1S/C22H24N4O/c1-3-24-21-25-13-15-9-10-18-14(2)19(27)16(12-23)11-22(18,20(15)26-21)17-7-5-4-6-8-17/h4-8,13-14,16,18H,3,9-11H2,1-2H3,(H,24,25,26)/t14-,16?,18-,22+/m0/s1. The van der Waals surface area contributed by atoms with Crippen LogP contribution in [-0.2, 0) is 16.6 Å². The number of hydrogen-bond acceptors (Lipinski definition) is 5. The van der Waals surface area contributed by atoms with Gasteiger partial charge >= 0.3 is 0 Å². The van der Waals surface area contributed by atoms with Gasteiger partial charge in [0.15, 0.2) is 5.78 Å². The monoisotopic (exact) mass is 360 g/mol. The number of hydrogen-bond donors (Lipinski definition) is 1. The molecule has 0 bridgehead atoms. The lowest BCUT2D eigenvalue weighted by atomic mass is 9.51. The summed E-state index contributed by atoms with van der Waals surface area (Å²) >= 11 is 0. The predicted octanol–water partition coefficient (Wildman–Crippen LogP) is 3.51. The molecule has 1 N–H and O–H groups in total. The molecule has 2 aromatic rings. The maximum absolute atomic E-state index is 12.8. The molecule has 4 rings (SSSR count). The molecule has 2 aliphatic rings. The van der Waals surface area contributed by atoms with Crippen molar-refractivity contribution in [3.8, 4) is 6.07 Å². The molecule has 4 atom stereocenters. The van der Waals surface area contributed by atoms with Gasteiger partial charge in [-0.2, -0.15) is 5.26 Å². The largest absolute Gasteiger partial charge is 0.354 e. The Labute approximate surface area is 159 Å². The van der Waals surface area contributed by atoms with Crippen LogP contribution in [0.3, 0.4) is 0 Å². The summed E-state index contributed by atoms with van der Waals surface area (Å²) in [5, 5.41) is 12.9. The molecular weight excluding hydrogens is 336 g/mol. The lowest BCUT2D eigenvalue weighted by Gasteiger charge is -2.51. The van der Waals surface area contributed by atoms with Crippen molar-refractivity contribution in [2.75, 3.05) is 11.9 Å². The van der Waals surface area contributed by atoms with Gasteiger partial charge in [-0.05, 0) is 43.2 Å². The molecule has 5 heteroatoms. The molecule has 138 valence electrons. The fourth-order valence-electron chi connectivity index (χ4n) is 5.13. The number of ketones is 1. The Morgan fingerprint density at radius 2 is 2.11 bits per heavy atom. The molecule has 1 saturated carbocycles. The molecule has 1 aromatic heterocycles. The number of nitriles is 1. The third-order valence-corrected chi connectivity index (χ3v) is 6.35. The Kier molecular flexibility index (Phi) is 4.43. The van der Waals surface area contributed by atoms with E-state index in [1.807, 2.05) is 38.2 Å². The highest BCUT2D eigenvalue weighted by Crippen LogP contribution is 2.55. The number of anilines is 1. The summed E-state index contributed by atoms with van der Waals surface area (Å²) in [4.78, 5) is 22.2. The van der Waals surface area contributed by atoms with Gasteiger partial charge in [-0.3, -0.25) is 4.79 Å². The van der Waals surface area contributed by atoms with E-state index < -0.39 is 11.3 Å². The van der Waals surface area contributed by atoms with Crippen LogP contribution < -0.4 is 5.32 Å². The zero-order chi connectivity index (χ0) is 19.0. The van der Waals surface area contributed by atoms with E-state index in [1.54, 1.807) is 0 Å². The van der Waals surface area contributed by atoms with Crippen molar-refractivity contribution in [1.29, 1.82) is 5.26 Å². The number of carbonyl (C=O) groups excluding carboxylic acids is 1. The van der Waals surface area contributed by atoms with Gasteiger partial charge in [0.25, 0.3) is 0 Å². The Bertz CT molecular complexity index is 904. The Balaban J connectivity index is 1.98. The van der Waals surface area contributed by atoms with Crippen molar-refractivity contribution < 1.29 is 4.79 Å². The molecule has 1 unspecified atom stereocenters. The fourth-order valence-corrected chi connectivity index (χ4v) is 5.13. The number of nitrogens with zero attached hydrogens (tertiary/aromatic N) is 3. The van der Waals surface area contributed by atoms with Crippen LogP contribution in [0.4, 0.5) is 5.95 Å². The van der Waals surface area contributed by atoms with Crippen LogP contribution in [0.15, 0.2) is 36.5 Å². The van der Waals surface area contributed by atoms with Crippen LogP contribution in [0.25, 0.3) is 0 Å². The first-order chi connectivity index (χ1) is 13.1. The molecule has 5 nitrogen and oxygen atoms in total. The number of aromatic nitrogens is 2. The highest BCUT2D eigenvalue weighted by molar-refractivity contribution is 5.87. The SMILES string of the molecule is CCNc1ncc2c(n1)[C@@]1(c3ccccc3)CC(C#N)C(=O)[C@@H](C)[C@@H]1CC2. The van der Waals surface area contributed by atoms with E-state index in [9.17, 15) is 10.1 Å². The van der Waals surface area contributed by atoms with Crippen LogP contribution >= 0.6 is 0 Å². The van der Waals surface area contributed by atoms with Crippen molar-refractivity contribution in [3.05, 3.63) is 53.3 Å². The first-order valence-electron chi connectivity index (χ1n) is 9.71. The average molecular weight is 360 g/mol. The number of Topliss-reactive ketones (excluding diaryl/α,β-unsaturated/α-hetero) is 1. The molecule has 0 spiro atoms. The number of rotatable bonds is 3. The molecule has 27 heavy (non-hydrogen) atoms. The molecule has 1 fully saturated rings. The van der Waals surface area contributed by atoms with Crippen molar-refractivity contribution in [2.45, 2.75) is 38.5 Å². The van der Waals surface area contributed by atoms with E-state index in [-0.39, 0.29) is 17.6 Å².